The molecular weight excluding hydrogens is 332 g/mol. The van der Waals surface area contributed by atoms with Gasteiger partial charge in [-0.2, -0.15) is 0 Å². The summed E-state index contributed by atoms with van der Waals surface area (Å²) in [6, 6.07) is 2.49. The van der Waals surface area contributed by atoms with E-state index in [2.05, 4.69) is 15.9 Å². The van der Waals surface area contributed by atoms with Crippen molar-refractivity contribution in [2.45, 2.75) is 19.8 Å². The Labute approximate surface area is 125 Å². The number of anilines is 1. The molecular formula is C14H16BrF2NO2. The molecule has 6 heteroatoms. The third kappa shape index (κ3) is 3.48. The number of carbonyl (C=O) groups excluding carboxylic acids is 1. The van der Waals surface area contributed by atoms with E-state index >= 15 is 0 Å². The smallest absolute Gasteiger partial charge is 0.306 e. The highest BCUT2D eigenvalue weighted by Gasteiger charge is 2.28. The predicted octanol–water partition coefficient (Wildman–Crippen LogP) is 3.51. The van der Waals surface area contributed by atoms with Gasteiger partial charge in [0.2, 0.25) is 0 Å². The second kappa shape index (κ2) is 6.52. The van der Waals surface area contributed by atoms with Gasteiger partial charge in [0.25, 0.3) is 0 Å². The topological polar surface area (TPSA) is 29.5 Å². The maximum absolute atomic E-state index is 13.9. The summed E-state index contributed by atoms with van der Waals surface area (Å²) >= 11 is 3.06. The quantitative estimate of drug-likeness (QED) is 0.780. The third-order valence-electron chi connectivity index (χ3n) is 3.34. The van der Waals surface area contributed by atoms with Crippen molar-refractivity contribution >= 4 is 27.6 Å². The first-order valence-corrected chi connectivity index (χ1v) is 7.35. The summed E-state index contributed by atoms with van der Waals surface area (Å²) in [5.74, 6) is -1.35. The molecule has 1 aromatic rings. The zero-order valence-electron chi connectivity index (χ0n) is 11.2. The number of carbonyl (C=O) groups is 1. The molecule has 20 heavy (non-hydrogen) atoms. The highest BCUT2D eigenvalue weighted by atomic mass is 79.9. The number of nitrogens with zero attached hydrogens (tertiary/aromatic N) is 1. The molecule has 1 aliphatic rings. The number of hydrogen-bond donors (Lipinski definition) is 0. The first-order chi connectivity index (χ1) is 9.51. The standard InChI is InChI=1S/C14H16BrF2NO2/c1-2-20-13(19)5-9-3-4-18(8-9)14-11(16)6-10(15)7-12(14)17/h6-7,9H,2-5,8H2,1H3. The first kappa shape index (κ1) is 15.2. The van der Waals surface area contributed by atoms with Crippen LogP contribution in [-0.2, 0) is 9.53 Å². The number of benzene rings is 1. The molecule has 1 heterocycles. The summed E-state index contributed by atoms with van der Waals surface area (Å²) in [5, 5.41) is 0. The van der Waals surface area contributed by atoms with Crippen molar-refractivity contribution in [2.75, 3.05) is 24.6 Å². The van der Waals surface area contributed by atoms with Gasteiger partial charge in [0.15, 0.2) is 11.6 Å². The zero-order valence-corrected chi connectivity index (χ0v) is 12.8. The fraction of sp³-hybridized carbons (Fsp3) is 0.500. The van der Waals surface area contributed by atoms with Crippen molar-refractivity contribution in [3.63, 3.8) is 0 Å². The molecule has 1 aliphatic heterocycles. The molecule has 0 bridgehead atoms. The monoisotopic (exact) mass is 347 g/mol. The largest absolute Gasteiger partial charge is 0.466 e. The van der Waals surface area contributed by atoms with E-state index in [4.69, 9.17) is 4.74 Å². The Morgan fingerprint density at radius 2 is 2.10 bits per heavy atom. The van der Waals surface area contributed by atoms with Crippen molar-refractivity contribution in [3.05, 3.63) is 28.2 Å². The molecule has 1 fully saturated rings. The molecule has 0 saturated carbocycles. The Kier molecular flexibility index (Phi) is 4.96. The summed E-state index contributed by atoms with van der Waals surface area (Å²) < 4.78 is 33.0. The van der Waals surface area contributed by atoms with Gasteiger partial charge >= 0.3 is 5.97 Å². The van der Waals surface area contributed by atoms with E-state index in [1.165, 1.54) is 12.1 Å². The van der Waals surface area contributed by atoms with E-state index in [1.807, 2.05) is 0 Å². The van der Waals surface area contributed by atoms with Crippen LogP contribution in [0.1, 0.15) is 19.8 Å². The number of rotatable bonds is 4. The van der Waals surface area contributed by atoms with Gasteiger partial charge in [0, 0.05) is 17.6 Å². The minimum atomic E-state index is -0.589. The van der Waals surface area contributed by atoms with E-state index in [-0.39, 0.29) is 17.6 Å². The Hall–Kier alpha value is -1.17. The fourth-order valence-corrected chi connectivity index (χ4v) is 2.90. The predicted molar refractivity (Wildman–Crippen MR) is 75.6 cm³/mol. The highest BCUT2D eigenvalue weighted by Crippen LogP contribution is 2.32. The SMILES string of the molecule is CCOC(=O)CC1CCN(c2c(F)cc(Br)cc2F)C1. The summed E-state index contributed by atoms with van der Waals surface area (Å²) in [6.45, 7) is 3.12. The molecule has 0 aromatic heterocycles. The van der Waals surface area contributed by atoms with Crippen LogP contribution in [0.4, 0.5) is 14.5 Å². The number of ether oxygens (including phenoxy) is 1. The van der Waals surface area contributed by atoms with Crippen LogP contribution in [0.3, 0.4) is 0 Å². The van der Waals surface area contributed by atoms with Gasteiger partial charge in [-0.3, -0.25) is 4.79 Å². The Morgan fingerprint density at radius 1 is 1.45 bits per heavy atom. The summed E-state index contributed by atoms with van der Waals surface area (Å²) in [7, 11) is 0. The van der Waals surface area contributed by atoms with Crippen LogP contribution >= 0.6 is 15.9 Å². The van der Waals surface area contributed by atoms with Crippen LogP contribution in [0.2, 0.25) is 0 Å². The van der Waals surface area contributed by atoms with Gasteiger partial charge < -0.3 is 9.64 Å². The van der Waals surface area contributed by atoms with E-state index in [0.29, 0.717) is 30.6 Å². The summed E-state index contributed by atoms with van der Waals surface area (Å²) in [6.07, 6.45) is 1.03. The second-order valence-electron chi connectivity index (χ2n) is 4.83. The Bertz CT molecular complexity index is 487. The molecule has 1 saturated heterocycles. The molecule has 110 valence electrons. The minimum Gasteiger partial charge on any atom is -0.466 e. The van der Waals surface area contributed by atoms with E-state index in [1.54, 1.807) is 11.8 Å². The van der Waals surface area contributed by atoms with Crippen molar-refractivity contribution in [2.24, 2.45) is 5.92 Å². The van der Waals surface area contributed by atoms with Crippen LogP contribution in [0.15, 0.2) is 16.6 Å². The molecule has 0 N–H and O–H groups in total. The minimum absolute atomic E-state index is 0.0143. The first-order valence-electron chi connectivity index (χ1n) is 6.56. The molecule has 0 aliphatic carbocycles. The van der Waals surface area contributed by atoms with Crippen molar-refractivity contribution in [1.29, 1.82) is 0 Å². The van der Waals surface area contributed by atoms with Crippen LogP contribution in [-0.4, -0.2) is 25.7 Å². The summed E-state index contributed by atoms with van der Waals surface area (Å²) in [5.41, 5.74) is -0.0143. The fourth-order valence-electron chi connectivity index (χ4n) is 2.49. The van der Waals surface area contributed by atoms with Crippen LogP contribution in [0.5, 0.6) is 0 Å². The molecule has 3 nitrogen and oxygen atoms in total. The maximum atomic E-state index is 13.9. The molecule has 1 atom stereocenters. The van der Waals surface area contributed by atoms with Crippen molar-refractivity contribution < 1.29 is 18.3 Å². The summed E-state index contributed by atoms with van der Waals surface area (Å²) in [4.78, 5) is 13.1. The lowest BCUT2D eigenvalue weighted by Crippen LogP contribution is -2.23. The molecule has 0 radical (unpaired) electrons. The number of hydrogen-bond acceptors (Lipinski definition) is 3. The lowest BCUT2D eigenvalue weighted by Gasteiger charge is -2.20. The van der Waals surface area contributed by atoms with Crippen LogP contribution in [0, 0.1) is 17.6 Å². The lowest BCUT2D eigenvalue weighted by molar-refractivity contribution is -0.144. The maximum Gasteiger partial charge on any atom is 0.306 e. The van der Waals surface area contributed by atoms with E-state index < -0.39 is 11.6 Å². The second-order valence-corrected chi connectivity index (χ2v) is 5.74. The normalized spacial score (nSPS) is 18.4. The molecule has 1 unspecified atom stereocenters. The van der Waals surface area contributed by atoms with Crippen molar-refractivity contribution in [1.82, 2.24) is 0 Å². The molecule has 0 amide bonds. The van der Waals surface area contributed by atoms with Gasteiger partial charge in [-0.1, -0.05) is 15.9 Å². The highest BCUT2D eigenvalue weighted by molar-refractivity contribution is 9.10. The van der Waals surface area contributed by atoms with Crippen LogP contribution < -0.4 is 4.90 Å². The van der Waals surface area contributed by atoms with Gasteiger partial charge in [-0.05, 0) is 31.4 Å². The van der Waals surface area contributed by atoms with Crippen LogP contribution in [0.25, 0.3) is 0 Å². The lowest BCUT2D eigenvalue weighted by atomic mass is 10.1. The number of halogens is 3. The molecule has 0 spiro atoms. The van der Waals surface area contributed by atoms with Gasteiger partial charge in [-0.25, -0.2) is 8.78 Å². The van der Waals surface area contributed by atoms with Gasteiger partial charge in [0.1, 0.15) is 5.69 Å². The molecule has 2 rings (SSSR count). The van der Waals surface area contributed by atoms with Gasteiger partial charge in [0.05, 0.1) is 13.0 Å². The van der Waals surface area contributed by atoms with E-state index in [0.717, 1.165) is 6.42 Å². The number of esters is 1. The average molecular weight is 348 g/mol. The Balaban J connectivity index is 2.04. The van der Waals surface area contributed by atoms with E-state index in [9.17, 15) is 13.6 Å². The van der Waals surface area contributed by atoms with Crippen molar-refractivity contribution in [3.8, 4) is 0 Å². The van der Waals surface area contributed by atoms with Gasteiger partial charge in [-0.15, -0.1) is 0 Å². The third-order valence-corrected chi connectivity index (χ3v) is 3.80. The zero-order chi connectivity index (χ0) is 14.7. The molecule has 1 aromatic carbocycles. The average Bonchev–Trinajstić information content (AvgIpc) is 2.76. The Morgan fingerprint density at radius 3 is 2.70 bits per heavy atom.